The van der Waals surface area contributed by atoms with E-state index < -0.39 is 11.9 Å². The van der Waals surface area contributed by atoms with E-state index in [1.807, 2.05) is 38.1 Å². The number of esters is 1. The lowest BCUT2D eigenvalue weighted by Crippen LogP contribution is -2.35. The summed E-state index contributed by atoms with van der Waals surface area (Å²) in [6, 6.07) is 7.51. The molecule has 0 radical (unpaired) electrons. The van der Waals surface area contributed by atoms with Crippen LogP contribution in [0.3, 0.4) is 0 Å². The van der Waals surface area contributed by atoms with Gasteiger partial charge in [0, 0.05) is 22.9 Å². The topological polar surface area (TPSA) is 78.6 Å². The largest absolute Gasteiger partial charge is 0.462 e. The van der Waals surface area contributed by atoms with E-state index in [0.717, 1.165) is 10.0 Å². The van der Waals surface area contributed by atoms with Crippen molar-refractivity contribution in [1.29, 1.82) is 0 Å². The number of nitrogens with two attached hydrogens (primary N) is 1. The smallest absolute Gasteiger partial charge is 0.340 e. The second-order valence-electron chi connectivity index (χ2n) is 7.36. The zero-order chi connectivity index (χ0) is 19.1. The van der Waals surface area contributed by atoms with Crippen LogP contribution in [0.5, 0.6) is 0 Å². The van der Waals surface area contributed by atoms with Crippen LogP contribution in [-0.2, 0) is 19.1 Å². The molecule has 0 fully saturated rings. The molecule has 0 saturated heterocycles. The Morgan fingerprint density at radius 2 is 1.96 bits per heavy atom. The maximum atomic E-state index is 13.0. The van der Waals surface area contributed by atoms with E-state index in [1.165, 1.54) is 0 Å². The van der Waals surface area contributed by atoms with Crippen LogP contribution >= 0.6 is 15.9 Å². The molecule has 0 amide bonds. The number of halogens is 1. The van der Waals surface area contributed by atoms with Crippen molar-refractivity contribution < 1.29 is 19.1 Å². The molecule has 1 atom stereocenters. The number of ether oxygens (including phenoxy) is 2. The number of rotatable bonds is 3. The van der Waals surface area contributed by atoms with Crippen LogP contribution in [-0.4, -0.2) is 18.4 Å². The third-order valence-corrected chi connectivity index (χ3v) is 5.18. The molecule has 1 aliphatic carbocycles. The molecule has 6 heteroatoms. The molecule has 1 aromatic rings. The van der Waals surface area contributed by atoms with Crippen molar-refractivity contribution >= 4 is 27.7 Å². The highest BCUT2D eigenvalue weighted by Gasteiger charge is 2.44. The highest BCUT2D eigenvalue weighted by atomic mass is 79.9. The number of hydrogen-bond acceptors (Lipinski definition) is 5. The van der Waals surface area contributed by atoms with Crippen LogP contribution in [0.25, 0.3) is 0 Å². The normalized spacial score (nSPS) is 22.0. The number of carbonyl (C=O) groups excluding carboxylic acids is 2. The Labute approximate surface area is 161 Å². The third kappa shape index (κ3) is 3.43. The first-order valence-electron chi connectivity index (χ1n) is 8.60. The Morgan fingerprint density at radius 1 is 1.31 bits per heavy atom. The summed E-state index contributed by atoms with van der Waals surface area (Å²) in [4.78, 5) is 25.5. The first kappa shape index (κ1) is 18.7. The minimum Gasteiger partial charge on any atom is -0.462 e. The van der Waals surface area contributed by atoms with Gasteiger partial charge in [-0.3, -0.25) is 4.79 Å². The summed E-state index contributed by atoms with van der Waals surface area (Å²) in [5.41, 5.74) is 7.43. The maximum absolute atomic E-state index is 13.0. The maximum Gasteiger partial charge on any atom is 0.340 e. The third-order valence-electron chi connectivity index (χ3n) is 4.65. The number of Topliss-reactive ketones (excluding diaryl/α,β-unsaturated/α-hetero) is 1. The van der Waals surface area contributed by atoms with Crippen molar-refractivity contribution in [3.63, 3.8) is 0 Å². The van der Waals surface area contributed by atoms with E-state index in [2.05, 4.69) is 15.9 Å². The van der Waals surface area contributed by atoms with Gasteiger partial charge in [0.15, 0.2) is 5.78 Å². The quantitative estimate of drug-likeness (QED) is 0.750. The molecule has 1 aliphatic heterocycles. The number of hydrogen-bond donors (Lipinski definition) is 1. The Balaban J connectivity index is 2.17. The summed E-state index contributed by atoms with van der Waals surface area (Å²) < 4.78 is 11.9. The molecule has 0 spiro atoms. The van der Waals surface area contributed by atoms with Crippen LogP contribution in [0.1, 0.15) is 45.1 Å². The lowest BCUT2D eigenvalue weighted by molar-refractivity contribution is -0.139. The Hall–Kier alpha value is -2.08. The Kier molecular flexibility index (Phi) is 4.97. The summed E-state index contributed by atoms with van der Waals surface area (Å²) in [6.07, 6.45) is 0.996. The first-order valence-corrected chi connectivity index (χ1v) is 9.39. The van der Waals surface area contributed by atoms with Crippen LogP contribution in [0.15, 0.2) is 51.5 Å². The van der Waals surface area contributed by atoms with Gasteiger partial charge in [0.1, 0.15) is 11.3 Å². The number of ketones is 1. The van der Waals surface area contributed by atoms with Crippen molar-refractivity contribution in [2.24, 2.45) is 11.1 Å². The molecule has 3 rings (SSSR count). The summed E-state index contributed by atoms with van der Waals surface area (Å²) in [5, 5.41) is 0. The van der Waals surface area contributed by atoms with E-state index in [4.69, 9.17) is 15.2 Å². The molecule has 2 aliphatic rings. The van der Waals surface area contributed by atoms with Gasteiger partial charge >= 0.3 is 5.97 Å². The SMILES string of the molecule is CCOC(=O)C1=C(N)OC2=C(C(=O)CC(C)(C)C2)C1c1ccc(Br)cc1. The molecule has 1 unspecified atom stereocenters. The van der Waals surface area contributed by atoms with Crippen LogP contribution in [0.2, 0.25) is 0 Å². The average molecular weight is 420 g/mol. The van der Waals surface area contributed by atoms with Crippen LogP contribution in [0.4, 0.5) is 0 Å². The summed E-state index contributed by atoms with van der Waals surface area (Å²) >= 11 is 3.41. The van der Waals surface area contributed by atoms with E-state index in [0.29, 0.717) is 24.2 Å². The fourth-order valence-corrected chi connectivity index (χ4v) is 3.85. The highest BCUT2D eigenvalue weighted by molar-refractivity contribution is 9.10. The summed E-state index contributed by atoms with van der Waals surface area (Å²) in [6.45, 7) is 5.99. The molecule has 138 valence electrons. The first-order chi connectivity index (χ1) is 12.2. The monoisotopic (exact) mass is 419 g/mol. The predicted molar refractivity (Wildman–Crippen MR) is 101 cm³/mol. The molecule has 0 aromatic heterocycles. The van der Waals surface area contributed by atoms with Gasteiger partial charge in [-0.25, -0.2) is 4.79 Å². The highest BCUT2D eigenvalue weighted by Crippen LogP contribution is 2.48. The van der Waals surface area contributed by atoms with Gasteiger partial charge in [0.25, 0.3) is 0 Å². The Morgan fingerprint density at radius 3 is 2.58 bits per heavy atom. The second kappa shape index (κ2) is 6.91. The minimum absolute atomic E-state index is 0.0145. The summed E-state index contributed by atoms with van der Waals surface area (Å²) in [5.74, 6) is -0.569. The fraction of sp³-hybridized carbons (Fsp3) is 0.400. The predicted octanol–water partition coefficient (Wildman–Crippen LogP) is 3.94. The van der Waals surface area contributed by atoms with Gasteiger partial charge in [0.2, 0.25) is 5.88 Å². The fourth-order valence-electron chi connectivity index (χ4n) is 3.58. The molecule has 5 nitrogen and oxygen atoms in total. The van der Waals surface area contributed by atoms with E-state index in [1.54, 1.807) is 6.92 Å². The molecular formula is C20H22BrNO4. The van der Waals surface area contributed by atoms with E-state index in [-0.39, 0.29) is 29.3 Å². The van der Waals surface area contributed by atoms with Crippen LogP contribution in [0, 0.1) is 5.41 Å². The molecule has 26 heavy (non-hydrogen) atoms. The van der Waals surface area contributed by atoms with E-state index >= 15 is 0 Å². The zero-order valence-electron chi connectivity index (χ0n) is 15.1. The molecule has 1 aromatic carbocycles. The molecule has 0 saturated carbocycles. The molecule has 1 heterocycles. The number of carbonyl (C=O) groups is 2. The standard InChI is InChI=1S/C20H22BrNO4/c1-4-25-19(24)17-15(11-5-7-12(21)8-6-11)16-13(23)9-20(2,3)10-14(16)26-18(17)22/h5-8,15H,4,9-10,22H2,1-3H3. The molecule has 2 N–H and O–H groups in total. The van der Waals surface area contributed by atoms with Crippen molar-refractivity contribution in [3.05, 3.63) is 57.1 Å². The van der Waals surface area contributed by atoms with Gasteiger partial charge < -0.3 is 15.2 Å². The average Bonchev–Trinajstić information content (AvgIpc) is 2.53. The van der Waals surface area contributed by atoms with Gasteiger partial charge in [-0.05, 0) is 30.0 Å². The second-order valence-corrected chi connectivity index (χ2v) is 8.28. The van der Waals surface area contributed by atoms with Crippen molar-refractivity contribution in [2.75, 3.05) is 6.61 Å². The van der Waals surface area contributed by atoms with Gasteiger partial charge in [-0.15, -0.1) is 0 Å². The number of benzene rings is 1. The minimum atomic E-state index is -0.575. The van der Waals surface area contributed by atoms with Crippen molar-refractivity contribution in [1.82, 2.24) is 0 Å². The van der Waals surface area contributed by atoms with Crippen molar-refractivity contribution in [3.8, 4) is 0 Å². The van der Waals surface area contributed by atoms with Crippen molar-refractivity contribution in [2.45, 2.75) is 39.5 Å². The van der Waals surface area contributed by atoms with Gasteiger partial charge in [-0.2, -0.15) is 0 Å². The lowest BCUT2D eigenvalue weighted by atomic mass is 9.70. The van der Waals surface area contributed by atoms with Crippen LogP contribution < -0.4 is 5.73 Å². The lowest BCUT2D eigenvalue weighted by Gasteiger charge is -2.37. The Bertz CT molecular complexity index is 821. The van der Waals surface area contributed by atoms with Gasteiger partial charge in [-0.1, -0.05) is 41.9 Å². The molecular weight excluding hydrogens is 398 g/mol. The zero-order valence-corrected chi connectivity index (χ0v) is 16.7. The van der Waals surface area contributed by atoms with Gasteiger partial charge in [0.05, 0.1) is 12.5 Å². The summed E-state index contributed by atoms with van der Waals surface area (Å²) in [7, 11) is 0. The number of allylic oxidation sites excluding steroid dienone is 2. The van der Waals surface area contributed by atoms with E-state index in [9.17, 15) is 9.59 Å². The molecule has 0 bridgehead atoms.